The molecule has 0 aromatic heterocycles. The minimum absolute atomic E-state index is 0.0861. The number of nitrogens with zero attached hydrogens (tertiary/aromatic N) is 1. The van der Waals surface area contributed by atoms with E-state index in [0.717, 1.165) is 41.5 Å². The Kier molecular flexibility index (Phi) is 7.68. The van der Waals surface area contributed by atoms with Crippen molar-refractivity contribution in [1.82, 2.24) is 4.90 Å². The Labute approximate surface area is 203 Å². The van der Waals surface area contributed by atoms with Gasteiger partial charge in [0, 0.05) is 6.54 Å². The summed E-state index contributed by atoms with van der Waals surface area (Å²) < 4.78 is 6.14. The van der Waals surface area contributed by atoms with Crippen molar-refractivity contribution < 1.29 is 14.9 Å². The first-order valence-corrected chi connectivity index (χ1v) is 13.3. The van der Waals surface area contributed by atoms with Gasteiger partial charge in [0.2, 0.25) is 0 Å². The Morgan fingerprint density at radius 1 is 0.971 bits per heavy atom. The number of fused-ring (bicyclic) bond motifs is 1. The zero-order valence-corrected chi connectivity index (χ0v) is 20.3. The summed E-state index contributed by atoms with van der Waals surface area (Å²) in [7, 11) is 0. The van der Waals surface area contributed by atoms with Crippen molar-refractivity contribution in [3.8, 4) is 5.75 Å². The highest BCUT2D eigenvalue weighted by molar-refractivity contribution is 5.89. The number of ether oxygens (including phenoxy) is 1. The molecule has 1 heterocycles. The molecule has 4 nitrogen and oxygen atoms in total. The monoisotopic (exact) mass is 461 g/mol. The lowest BCUT2D eigenvalue weighted by Crippen LogP contribution is -2.33. The van der Waals surface area contributed by atoms with E-state index >= 15 is 0 Å². The van der Waals surface area contributed by atoms with Gasteiger partial charge in [-0.3, -0.25) is 0 Å². The van der Waals surface area contributed by atoms with Gasteiger partial charge in [-0.2, -0.15) is 0 Å². The van der Waals surface area contributed by atoms with Crippen molar-refractivity contribution in [1.29, 1.82) is 0 Å². The summed E-state index contributed by atoms with van der Waals surface area (Å²) >= 11 is 0. The molecule has 2 fully saturated rings. The fourth-order valence-electron chi connectivity index (χ4n) is 6.06. The van der Waals surface area contributed by atoms with E-state index in [2.05, 4.69) is 35.3 Å². The maximum absolute atomic E-state index is 11.6. The number of benzene rings is 2. The smallest absolute Gasteiger partial charge is 0.116 e. The van der Waals surface area contributed by atoms with E-state index in [1.807, 2.05) is 6.07 Å². The molecular weight excluding hydrogens is 422 g/mol. The number of hydrogen-bond acceptors (Lipinski definition) is 4. The summed E-state index contributed by atoms with van der Waals surface area (Å²) in [5, 5.41) is 23.7. The molecule has 0 bridgehead atoms. The van der Waals surface area contributed by atoms with Gasteiger partial charge in [-0.15, -0.1) is 0 Å². The standard InChI is InChI=1S/C30H39NO3/c32-25-12-16-28-24(21-25)11-15-27(22-7-3-1-4-8-22)29(28)30(33)23-9-13-26(14-10-23)34-20-19-31-17-5-2-6-18-31/h9-13,15-16,21-22,26,30,32-33H,1-8,14,17-20H2. The molecule has 2 aliphatic carbocycles. The SMILES string of the molecule is Oc1ccc2c(C(O)C3=CCC(OCCN4CCCCC4)C=C3)c(C3CCCCC3)ccc2c1. The molecule has 2 unspecified atom stereocenters. The van der Waals surface area contributed by atoms with E-state index in [9.17, 15) is 10.2 Å². The molecule has 1 saturated heterocycles. The molecule has 0 amide bonds. The summed E-state index contributed by atoms with van der Waals surface area (Å²) in [6.07, 6.45) is 16.7. The van der Waals surface area contributed by atoms with Crippen LogP contribution in [0.3, 0.4) is 0 Å². The van der Waals surface area contributed by atoms with Gasteiger partial charge >= 0.3 is 0 Å². The lowest BCUT2D eigenvalue weighted by molar-refractivity contribution is 0.0605. The summed E-state index contributed by atoms with van der Waals surface area (Å²) in [5.41, 5.74) is 3.25. The minimum Gasteiger partial charge on any atom is -0.508 e. The van der Waals surface area contributed by atoms with Crippen LogP contribution in [0, 0.1) is 0 Å². The molecule has 3 aliphatic rings. The van der Waals surface area contributed by atoms with Gasteiger partial charge in [0.15, 0.2) is 0 Å². The second kappa shape index (κ2) is 11.1. The van der Waals surface area contributed by atoms with Crippen LogP contribution in [0.1, 0.15) is 80.9 Å². The third-order valence-corrected chi connectivity index (χ3v) is 7.99. The van der Waals surface area contributed by atoms with Crippen LogP contribution < -0.4 is 0 Å². The number of piperidine rings is 1. The second-order valence-corrected chi connectivity index (χ2v) is 10.3. The first kappa shape index (κ1) is 23.6. The molecule has 2 aromatic rings. The number of rotatable bonds is 7. The number of likely N-dealkylation sites (tertiary alicyclic amines) is 1. The van der Waals surface area contributed by atoms with Crippen LogP contribution in [0.15, 0.2) is 54.1 Å². The van der Waals surface area contributed by atoms with Crippen molar-refractivity contribution in [2.75, 3.05) is 26.2 Å². The van der Waals surface area contributed by atoms with E-state index < -0.39 is 6.10 Å². The number of hydrogen-bond donors (Lipinski definition) is 2. The van der Waals surface area contributed by atoms with E-state index in [4.69, 9.17) is 4.74 Å². The molecule has 2 aromatic carbocycles. The highest BCUT2D eigenvalue weighted by Crippen LogP contribution is 2.42. The van der Waals surface area contributed by atoms with Crippen LogP contribution >= 0.6 is 0 Å². The van der Waals surface area contributed by atoms with Crippen LogP contribution in [-0.2, 0) is 4.74 Å². The fourth-order valence-corrected chi connectivity index (χ4v) is 6.06. The van der Waals surface area contributed by atoms with Crippen molar-refractivity contribution in [2.45, 2.75) is 75.9 Å². The lowest BCUT2D eigenvalue weighted by Gasteiger charge is -2.29. The predicted octanol–water partition coefficient (Wildman–Crippen LogP) is 6.38. The molecule has 2 atom stereocenters. The lowest BCUT2D eigenvalue weighted by atomic mass is 9.78. The molecule has 2 N–H and O–H groups in total. The molecule has 34 heavy (non-hydrogen) atoms. The zero-order chi connectivity index (χ0) is 23.3. The molecule has 1 saturated carbocycles. The van der Waals surface area contributed by atoms with Crippen molar-refractivity contribution >= 4 is 10.8 Å². The molecule has 182 valence electrons. The van der Waals surface area contributed by atoms with E-state index in [1.54, 1.807) is 12.1 Å². The molecular formula is C30H39NO3. The normalized spacial score (nSPS) is 23.2. The third-order valence-electron chi connectivity index (χ3n) is 7.99. The van der Waals surface area contributed by atoms with Crippen molar-refractivity contribution in [2.24, 2.45) is 0 Å². The number of phenols is 1. The average Bonchev–Trinajstić information content (AvgIpc) is 2.89. The Hall–Kier alpha value is -2.14. The van der Waals surface area contributed by atoms with Gasteiger partial charge in [0.1, 0.15) is 11.9 Å². The Morgan fingerprint density at radius 3 is 2.53 bits per heavy atom. The largest absolute Gasteiger partial charge is 0.508 e. The van der Waals surface area contributed by atoms with Crippen LogP contribution in [0.2, 0.25) is 0 Å². The predicted molar refractivity (Wildman–Crippen MR) is 138 cm³/mol. The topological polar surface area (TPSA) is 52.9 Å². The summed E-state index contributed by atoms with van der Waals surface area (Å²) in [5.74, 6) is 0.760. The Bertz CT molecular complexity index is 1030. The summed E-state index contributed by atoms with van der Waals surface area (Å²) in [6, 6.07) is 9.80. The Balaban J connectivity index is 1.31. The van der Waals surface area contributed by atoms with Gasteiger partial charge in [-0.1, -0.05) is 62.1 Å². The van der Waals surface area contributed by atoms with Crippen LogP contribution in [0.25, 0.3) is 10.8 Å². The van der Waals surface area contributed by atoms with E-state index in [0.29, 0.717) is 5.92 Å². The maximum atomic E-state index is 11.6. The van der Waals surface area contributed by atoms with Crippen LogP contribution in [-0.4, -0.2) is 47.5 Å². The molecule has 5 rings (SSSR count). The van der Waals surface area contributed by atoms with Crippen molar-refractivity contribution in [3.63, 3.8) is 0 Å². The van der Waals surface area contributed by atoms with Gasteiger partial charge in [-0.25, -0.2) is 0 Å². The van der Waals surface area contributed by atoms with Gasteiger partial charge in [0.05, 0.1) is 12.7 Å². The van der Waals surface area contributed by atoms with Crippen molar-refractivity contribution in [3.05, 3.63) is 65.3 Å². The van der Waals surface area contributed by atoms with Gasteiger partial charge in [0.25, 0.3) is 0 Å². The molecule has 4 heteroatoms. The highest BCUT2D eigenvalue weighted by Gasteiger charge is 2.26. The summed E-state index contributed by atoms with van der Waals surface area (Å²) in [6.45, 7) is 4.18. The number of phenolic OH excluding ortho intramolecular Hbond substituents is 1. The number of aromatic hydroxyl groups is 1. The highest BCUT2D eigenvalue weighted by atomic mass is 16.5. The molecule has 0 radical (unpaired) electrons. The summed E-state index contributed by atoms with van der Waals surface area (Å²) in [4.78, 5) is 2.51. The first-order chi connectivity index (χ1) is 16.7. The van der Waals surface area contributed by atoms with Gasteiger partial charge < -0.3 is 19.8 Å². The number of aliphatic hydroxyl groups excluding tert-OH is 1. The fraction of sp³-hybridized carbons (Fsp3) is 0.533. The van der Waals surface area contributed by atoms with E-state index in [-0.39, 0.29) is 11.9 Å². The number of aliphatic hydroxyl groups is 1. The Morgan fingerprint density at radius 2 is 1.76 bits per heavy atom. The zero-order valence-electron chi connectivity index (χ0n) is 20.3. The van der Waals surface area contributed by atoms with Gasteiger partial charge in [-0.05, 0) is 90.7 Å². The average molecular weight is 462 g/mol. The third kappa shape index (κ3) is 5.40. The maximum Gasteiger partial charge on any atom is 0.116 e. The van der Waals surface area contributed by atoms with Crippen LogP contribution in [0.5, 0.6) is 5.75 Å². The second-order valence-electron chi connectivity index (χ2n) is 10.3. The minimum atomic E-state index is -0.671. The molecule has 0 spiro atoms. The van der Waals surface area contributed by atoms with Crippen LogP contribution in [0.4, 0.5) is 0 Å². The molecule has 1 aliphatic heterocycles. The van der Waals surface area contributed by atoms with E-state index in [1.165, 1.54) is 70.0 Å². The first-order valence-electron chi connectivity index (χ1n) is 13.3. The quantitative estimate of drug-likeness (QED) is 0.502.